The minimum absolute atomic E-state index is 0.0721. The van der Waals surface area contributed by atoms with E-state index in [1.807, 2.05) is 42.5 Å². The van der Waals surface area contributed by atoms with Crippen molar-refractivity contribution in [3.05, 3.63) is 77.4 Å². The van der Waals surface area contributed by atoms with Gasteiger partial charge in [-0.1, -0.05) is 24.3 Å². The van der Waals surface area contributed by atoms with Crippen LogP contribution in [0.5, 0.6) is 23.0 Å². The van der Waals surface area contributed by atoms with Gasteiger partial charge in [-0.05, 0) is 65.9 Å². The van der Waals surface area contributed by atoms with E-state index in [-0.39, 0.29) is 30.4 Å². The first-order chi connectivity index (χ1) is 17.6. The average molecular weight is 531 g/mol. The second-order valence-corrected chi connectivity index (χ2v) is 10.5. The zero-order valence-corrected chi connectivity index (χ0v) is 22.2. The lowest BCUT2D eigenvalue weighted by Crippen LogP contribution is -2.32. The van der Waals surface area contributed by atoms with Gasteiger partial charge in [-0.2, -0.15) is 0 Å². The van der Waals surface area contributed by atoms with E-state index >= 15 is 0 Å². The smallest absolute Gasteiger partial charge is 0.229 e. The van der Waals surface area contributed by atoms with Crippen LogP contribution in [0.25, 0.3) is 0 Å². The summed E-state index contributed by atoms with van der Waals surface area (Å²) in [6.45, 7) is 0.269. The highest BCUT2D eigenvalue weighted by Gasteiger charge is 2.18. The number of methoxy groups -OCH3 is 3. The first-order valence-corrected chi connectivity index (χ1v) is 13.6. The van der Waals surface area contributed by atoms with Crippen molar-refractivity contribution in [2.24, 2.45) is 0 Å². The van der Waals surface area contributed by atoms with Crippen LogP contribution in [-0.4, -0.2) is 58.9 Å². The lowest BCUT2D eigenvalue weighted by molar-refractivity contribution is 0.167. The van der Waals surface area contributed by atoms with E-state index in [0.717, 1.165) is 23.1 Å². The molecule has 10 heteroatoms. The lowest BCUT2D eigenvalue weighted by Gasteiger charge is -2.23. The maximum absolute atomic E-state index is 11.6. The predicted molar refractivity (Wildman–Crippen MR) is 143 cm³/mol. The summed E-state index contributed by atoms with van der Waals surface area (Å²) in [5.74, 6) is 1.82. The Labute approximate surface area is 218 Å². The number of aliphatic hydroxyl groups is 1. The highest BCUT2D eigenvalue weighted by molar-refractivity contribution is 7.92. The minimum Gasteiger partial charge on any atom is -0.506 e. The summed E-state index contributed by atoms with van der Waals surface area (Å²) in [4.78, 5) is 0. The van der Waals surface area contributed by atoms with Gasteiger partial charge in [0, 0.05) is 12.6 Å². The SMILES string of the molecule is COc1ccc(C[C@@H](NC[C@@H](O)Cc2ccc(O)c(NS(C)(=O)=O)c2)c2ccc(OC)c(OC)c2)cc1. The van der Waals surface area contributed by atoms with E-state index in [1.54, 1.807) is 27.4 Å². The quantitative estimate of drug-likeness (QED) is 0.248. The molecule has 0 radical (unpaired) electrons. The van der Waals surface area contributed by atoms with E-state index in [4.69, 9.17) is 14.2 Å². The molecule has 0 unspecified atom stereocenters. The van der Waals surface area contributed by atoms with Crippen molar-refractivity contribution in [1.82, 2.24) is 5.32 Å². The molecule has 2 atom stereocenters. The normalized spacial score (nSPS) is 13.0. The maximum Gasteiger partial charge on any atom is 0.229 e. The Kier molecular flexibility index (Phi) is 9.62. The Balaban J connectivity index is 1.76. The number of phenolic OH excluding ortho intramolecular Hbond substituents is 1. The third-order valence-corrected chi connectivity index (χ3v) is 6.43. The second-order valence-electron chi connectivity index (χ2n) is 8.71. The standard InChI is InChI=1S/C27H34N2O7S/c1-34-22-9-5-18(6-10-22)14-23(20-8-12-26(35-2)27(16-20)36-3)28-17-21(30)13-19-7-11-25(31)24(15-19)29-37(4,32)33/h5-12,15-16,21,23,28-31H,13-14,17H2,1-4H3/t21-,23+/m0/s1. The van der Waals surface area contributed by atoms with E-state index in [1.165, 1.54) is 12.1 Å². The first kappa shape index (κ1) is 28.1. The van der Waals surface area contributed by atoms with Gasteiger partial charge in [0.2, 0.25) is 10.0 Å². The van der Waals surface area contributed by atoms with E-state index in [0.29, 0.717) is 23.5 Å². The van der Waals surface area contributed by atoms with Gasteiger partial charge < -0.3 is 29.7 Å². The number of rotatable bonds is 13. The fourth-order valence-corrected chi connectivity index (χ4v) is 4.55. The largest absolute Gasteiger partial charge is 0.506 e. The fourth-order valence-electron chi connectivity index (χ4n) is 3.99. The van der Waals surface area contributed by atoms with Crippen LogP contribution in [0.4, 0.5) is 5.69 Å². The van der Waals surface area contributed by atoms with Crippen molar-refractivity contribution >= 4 is 15.7 Å². The fraction of sp³-hybridized carbons (Fsp3) is 0.333. The highest BCUT2D eigenvalue weighted by atomic mass is 32.2. The third-order valence-electron chi connectivity index (χ3n) is 5.84. The molecule has 0 fully saturated rings. The van der Waals surface area contributed by atoms with Crippen molar-refractivity contribution in [3.8, 4) is 23.0 Å². The van der Waals surface area contributed by atoms with Crippen molar-refractivity contribution in [3.63, 3.8) is 0 Å². The van der Waals surface area contributed by atoms with Crippen LogP contribution in [0.2, 0.25) is 0 Å². The summed E-state index contributed by atoms with van der Waals surface area (Å²) in [6.07, 6.45) is 1.14. The van der Waals surface area contributed by atoms with Crippen molar-refractivity contribution in [1.29, 1.82) is 0 Å². The molecule has 0 saturated carbocycles. The van der Waals surface area contributed by atoms with Gasteiger partial charge in [0.25, 0.3) is 0 Å². The maximum atomic E-state index is 11.6. The second kappa shape index (κ2) is 12.7. The molecular formula is C27H34N2O7S. The molecule has 3 rings (SSSR count). The molecular weight excluding hydrogens is 496 g/mol. The number of benzene rings is 3. The molecule has 200 valence electrons. The van der Waals surface area contributed by atoms with E-state index < -0.39 is 16.1 Å². The number of aliphatic hydroxyl groups excluding tert-OH is 1. The number of anilines is 1. The van der Waals surface area contributed by atoms with Crippen LogP contribution in [0.15, 0.2) is 60.7 Å². The summed E-state index contributed by atoms with van der Waals surface area (Å²) in [6, 6.07) is 17.9. The number of hydrogen-bond donors (Lipinski definition) is 4. The Bertz CT molecular complexity index is 1280. The zero-order valence-electron chi connectivity index (χ0n) is 21.4. The molecule has 3 aromatic carbocycles. The zero-order chi connectivity index (χ0) is 27.0. The van der Waals surface area contributed by atoms with Crippen LogP contribution in [0.1, 0.15) is 22.7 Å². The molecule has 4 N–H and O–H groups in total. The van der Waals surface area contributed by atoms with Crippen LogP contribution < -0.4 is 24.2 Å². The molecule has 3 aromatic rings. The van der Waals surface area contributed by atoms with E-state index in [2.05, 4.69) is 10.0 Å². The minimum atomic E-state index is -3.55. The number of ether oxygens (including phenoxy) is 3. The van der Waals surface area contributed by atoms with Gasteiger partial charge in [0.15, 0.2) is 11.5 Å². The highest BCUT2D eigenvalue weighted by Crippen LogP contribution is 2.31. The Morgan fingerprint density at radius 3 is 2.14 bits per heavy atom. The molecule has 0 spiro atoms. The molecule has 0 amide bonds. The number of hydrogen-bond acceptors (Lipinski definition) is 8. The van der Waals surface area contributed by atoms with Gasteiger partial charge in [0.1, 0.15) is 11.5 Å². The topological polar surface area (TPSA) is 126 Å². The predicted octanol–water partition coefficient (Wildman–Crippen LogP) is 3.27. The molecule has 0 bridgehead atoms. The van der Waals surface area contributed by atoms with Crippen LogP contribution in [-0.2, 0) is 22.9 Å². The lowest BCUT2D eigenvalue weighted by atomic mass is 9.97. The van der Waals surface area contributed by atoms with Crippen molar-refractivity contribution in [2.45, 2.75) is 25.0 Å². The molecule has 0 aromatic heterocycles. The molecule has 0 aliphatic carbocycles. The first-order valence-electron chi connectivity index (χ1n) is 11.7. The van der Waals surface area contributed by atoms with Gasteiger partial charge in [0.05, 0.1) is 39.4 Å². The molecule has 0 aliphatic heterocycles. The molecule has 9 nitrogen and oxygen atoms in total. The average Bonchev–Trinajstić information content (AvgIpc) is 2.87. The van der Waals surface area contributed by atoms with E-state index in [9.17, 15) is 18.6 Å². The van der Waals surface area contributed by atoms with Crippen LogP contribution in [0, 0.1) is 0 Å². The number of aromatic hydroxyl groups is 1. The van der Waals surface area contributed by atoms with Crippen LogP contribution >= 0.6 is 0 Å². The van der Waals surface area contributed by atoms with Gasteiger partial charge in [-0.15, -0.1) is 0 Å². The van der Waals surface area contributed by atoms with Gasteiger partial charge in [-0.25, -0.2) is 8.42 Å². The monoisotopic (exact) mass is 530 g/mol. The van der Waals surface area contributed by atoms with Crippen molar-refractivity contribution in [2.75, 3.05) is 38.9 Å². The Hall–Kier alpha value is -3.47. The Morgan fingerprint density at radius 2 is 1.51 bits per heavy atom. The van der Waals surface area contributed by atoms with Gasteiger partial charge >= 0.3 is 0 Å². The number of sulfonamides is 1. The molecule has 37 heavy (non-hydrogen) atoms. The molecule has 0 aliphatic rings. The number of nitrogens with one attached hydrogen (secondary N) is 2. The summed E-state index contributed by atoms with van der Waals surface area (Å²) in [5, 5.41) is 24.2. The summed E-state index contributed by atoms with van der Waals surface area (Å²) < 4.78 is 41.5. The molecule has 0 saturated heterocycles. The summed E-state index contributed by atoms with van der Waals surface area (Å²) >= 11 is 0. The Morgan fingerprint density at radius 1 is 0.838 bits per heavy atom. The van der Waals surface area contributed by atoms with Gasteiger partial charge in [-0.3, -0.25) is 4.72 Å². The summed E-state index contributed by atoms with van der Waals surface area (Å²) in [7, 11) is 1.24. The number of phenols is 1. The summed E-state index contributed by atoms with van der Waals surface area (Å²) in [5.41, 5.74) is 2.79. The molecule has 0 heterocycles. The van der Waals surface area contributed by atoms with Crippen molar-refractivity contribution < 1.29 is 32.8 Å². The third kappa shape index (κ3) is 8.28. The van der Waals surface area contributed by atoms with Crippen LogP contribution in [0.3, 0.4) is 0 Å².